The topological polar surface area (TPSA) is 84.8 Å². The van der Waals surface area contributed by atoms with Gasteiger partial charge in [-0.15, -0.1) is 0 Å². The summed E-state index contributed by atoms with van der Waals surface area (Å²) >= 11 is 6.18. The maximum absolute atomic E-state index is 12.8. The number of carbonyl (C=O) groups excluding carboxylic acids is 1. The zero-order chi connectivity index (χ0) is 22.0. The first-order chi connectivity index (χ1) is 14.8. The van der Waals surface area contributed by atoms with Gasteiger partial charge in [0, 0.05) is 16.1 Å². The van der Waals surface area contributed by atoms with E-state index in [-0.39, 0.29) is 4.90 Å². The molecule has 0 saturated carbocycles. The van der Waals surface area contributed by atoms with Gasteiger partial charge in [-0.05, 0) is 37.3 Å². The number of aryl methyl sites for hydroxylation is 1. The van der Waals surface area contributed by atoms with Gasteiger partial charge in [-0.3, -0.25) is 14.0 Å². The number of rotatable bonds is 5. The number of halogens is 1. The number of hydrogen-bond acceptors (Lipinski definition) is 5. The molecule has 1 atom stereocenters. The lowest BCUT2D eigenvalue weighted by Gasteiger charge is -2.12. The molecule has 31 heavy (non-hydrogen) atoms. The van der Waals surface area contributed by atoms with Gasteiger partial charge < -0.3 is 5.32 Å². The Labute approximate surface area is 185 Å². The number of hydrogen-bond donors (Lipinski definition) is 1. The van der Waals surface area contributed by atoms with E-state index in [1.807, 2.05) is 37.3 Å². The van der Waals surface area contributed by atoms with Crippen LogP contribution in [-0.2, 0) is 19.1 Å². The van der Waals surface area contributed by atoms with Crippen molar-refractivity contribution in [1.82, 2.24) is 0 Å². The van der Waals surface area contributed by atoms with Crippen LogP contribution in [0.4, 0.5) is 5.69 Å². The average Bonchev–Trinajstić information content (AvgIpc) is 2.89. The zero-order valence-corrected chi connectivity index (χ0v) is 18.2. The Hall–Kier alpha value is -3.00. The third-order valence-electron chi connectivity index (χ3n) is 4.82. The van der Waals surface area contributed by atoms with Crippen molar-refractivity contribution in [3.05, 3.63) is 94.5 Å². The zero-order valence-electron chi connectivity index (χ0n) is 16.6. The molecule has 3 aromatic carbocycles. The van der Waals surface area contributed by atoms with Crippen LogP contribution in [0, 0.1) is 6.92 Å². The fourth-order valence-electron chi connectivity index (χ4n) is 3.19. The minimum atomic E-state index is -4.04. The molecule has 0 saturated heterocycles. The number of benzene rings is 3. The number of fused-ring (bicyclic) bond motifs is 1. The van der Waals surface area contributed by atoms with Gasteiger partial charge in [-0.2, -0.15) is 8.42 Å². The van der Waals surface area contributed by atoms with Gasteiger partial charge in [0.25, 0.3) is 16.0 Å². The summed E-state index contributed by atoms with van der Waals surface area (Å²) < 4.78 is 30.4. The fraction of sp³-hybridized carbons (Fsp3) is 0.130. The first-order valence-electron chi connectivity index (χ1n) is 9.53. The highest BCUT2D eigenvalue weighted by Crippen LogP contribution is 2.27. The Morgan fingerprint density at radius 2 is 1.74 bits per heavy atom. The summed E-state index contributed by atoms with van der Waals surface area (Å²) in [6.45, 7) is 1.43. The Morgan fingerprint density at radius 3 is 2.45 bits per heavy atom. The van der Waals surface area contributed by atoms with Crippen LogP contribution in [0.2, 0.25) is 5.02 Å². The Morgan fingerprint density at radius 1 is 1.03 bits per heavy atom. The predicted molar refractivity (Wildman–Crippen MR) is 120 cm³/mol. The summed E-state index contributed by atoms with van der Waals surface area (Å²) in [5, 5.41) is 3.29. The van der Waals surface area contributed by atoms with E-state index in [2.05, 4.69) is 10.3 Å². The van der Waals surface area contributed by atoms with E-state index in [4.69, 9.17) is 15.8 Å². The summed E-state index contributed by atoms with van der Waals surface area (Å²) in [6, 6.07) is 19.6. The lowest BCUT2D eigenvalue weighted by atomic mass is 10.0. The van der Waals surface area contributed by atoms with Crippen molar-refractivity contribution < 1.29 is 17.4 Å². The maximum Gasteiger partial charge on any atom is 0.297 e. The number of amides is 1. The molecule has 0 spiro atoms. The van der Waals surface area contributed by atoms with Crippen LogP contribution in [0.1, 0.15) is 16.7 Å². The van der Waals surface area contributed by atoms with E-state index >= 15 is 0 Å². The Kier molecular flexibility index (Phi) is 5.91. The standard InChI is InChI=1S/C23H19ClN2O4S/c1-15-7-10-18(11-8-15)31(28,29)30-14-21-23(27)26-20-12-9-17(24)13-19(20)22(25-21)16-5-3-2-4-6-16/h2-13,21H,14H2,1H3,(H,26,27). The molecule has 6 nitrogen and oxygen atoms in total. The van der Waals surface area contributed by atoms with Gasteiger partial charge in [0.15, 0.2) is 6.04 Å². The molecule has 1 aliphatic rings. The molecule has 0 aliphatic carbocycles. The molecule has 1 amide bonds. The number of nitrogens with one attached hydrogen (secondary N) is 1. The van der Waals surface area contributed by atoms with Crippen LogP contribution < -0.4 is 5.32 Å². The molecule has 1 unspecified atom stereocenters. The molecular formula is C23H19ClN2O4S. The molecule has 1 heterocycles. The molecule has 4 rings (SSSR count). The largest absolute Gasteiger partial charge is 0.324 e. The van der Waals surface area contributed by atoms with Crippen LogP contribution in [-0.4, -0.2) is 32.7 Å². The first kappa shape index (κ1) is 21.2. The van der Waals surface area contributed by atoms with Crippen molar-refractivity contribution in [3.63, 3.8) is 0 Å². The molecule has 0 bridgehead atoms. The van der Waals surface area contributed by atoms with Crippen LogP contribution >= 0.6 is 11.6 Å². The highest BCUT2D eigenvalue weighted by molar-refractivity contribution is 7.86. The Bertz CT molecular complexity index is 1260. The van der Waals surface area contributed by atoms with Crippen molar-refractivity contribution in [2.24, 2.45) is 4.99 Å². The molecule has 1 aliphatic heterocycles. The summed E-state index contributed by atoms with van der Waals surface area (Å²) in [5.74, 6) is -0.464. The minimum Gasteiger partial charge on any atom is -0.324 e. The molecule has 1 N–H and O–H groups in total. The molecular weight excluding hydrogens is 436 g/mol. The second-order valence-corrected chi connectivity index (χ2v) is 9.14. The van der Waals surface area contributed by atoms with Gasteiger partial charge in [0.05, 0.1) is 22.9 Å². The van der Waals surface area contributed by atoms with Gasteiger partial charge in [-0.1, -0.05) is 59.6 Å². The second kappa shape index (κ2) is 8.63. The SMILES string of the molecule is Cc1ccc(S(=O)(=O)OCC2N=C(c3ccccc3)c3cc(Cl)ccc3NC2=O)cc1. The smallest absolute Gasteiger partial charge is 0.297 e. The number of carbonyl (C=O) groups is 1. The van der Waals surface area contributed by atoms with Crippen LogP contribution in [0.5, 0.6) is 0 Å². The van der Waals surface area contributed by atoms with Gasteiger partial charge in [0.2, 0.25) is 0 Å². The van der Waals surface area contributed by atoms with E-state index in [1.54, 1.807) is 30.3 Å². The Balaban J connectivity index is 1.68. The average molecular weight is 455 g/mol. The second-order valence-electron chi connectivity index (χ2n) is 7.09. The molecule has 0 radical (unpaired) electrons. The lowest BCUT2D eigenvalue weighted by Crippen LogP contribution is -2.31. The van der Waals surface area contributed by atoms with Crippen molar-refractivity contribution in [2.75, 3.05) is 11.9 Å². The number of aliphatic imine (C=N–C) groups is 1. The number of anilines is 1. The number of benzodiazepines with no additional fused rings is 1. The monoisotopic (exact) mass is 454 g/mol. The predicted octanol–water partition coefficient (Wildman–Crippen LogP) is 4.21. The summed E-state index contributed by atoms with van der Waals surface area (Å²) in [6.07, 6.45) is 0. The highest BCUT2D eigenvalue weighted by atomic mass is 35.5. The normalized spacial score (nSPS) is 16.1. The van der Waals surface area contributed by atoms with Gasteiger partial charge >= 0.3 is 0 Å². The van der Waals surface area contributed by atoms with Crippen molar-refractivity contribution >= 4 is 39.0 Å². The fourth-order valence-corrected chi connectivity index (χ4v) is 4.27. The molecule has 0 aromatic heterocycles. The van der Waals surface area contributed by atoms with E-state index in [1.165, 1.54) is 12.1 Å². The third kappa shape index (κ3) is 4.69. The van der Waals surface area contributed by atoms with E-state index in [0.29, 0.717) is 22.0 Å². The van der Waals surface area contributed by atoms with Gasteiger partial charge in [-0.25, -0.2) is 0 Å². The van der Waals surface area contributed by atoms with Crippen molar-refractivity contribution in [1.29, 1.82) is 0 Å². The third-order valence-corrected chi connectivity index (χ3v) is 6.35. The molecule has 8 heteroatoms. The van der Waals surface area contributed by atoms with E-state index in [0.717, 1.165) is 11.1 Å². The highest BCUT2D eigenvalue weighted by Gasteiger charge is 2.28. The summed E-state index contributed by atoms with van der Waals surface area (Å²) in [4.78, 5) is 17.4. The van der Waals surface area contributed by atoms with Gasteiger partial charge in [0.1, 0.15) is 0 Å². The van der Waals surface area contributed by atoms with Crippen LogP contribution in [0.25, 0.3) is 0 Å². The summed E-state index contributed by atoms with van der Waals surface area (Å²) in [5.41, 5.74) is 3.42. The van der Waals surface area contributed by atoms with Crippen molar-refractivity contribution in [3.8, 4) is 0 Å². The number of nitrogens with zero attached hydrogens (tertiary/aromatic N) is 1. The van der Waals surface area contributed by atoms with Crippen molar-refractivity contribution in [2.45, 2.75) is 17.9 Å². The van der Waals surface area contributed by atoms with Crippen LogP contribution in [0.15, 0.2) is 82.7 Å². The quantitative estimate of drug-likeness (QED) is 0.585. The first-order valence-corrected chi connectivity index (χ1v) is 11.3. The molecule has 3 aromatic rings. The lowest BCUT2D eigenvalue weighted by molar-refractivity contribution is -0.117. The molecule has 158 valence electrons. The molecule has 0 fully saturated rings. The van der Waals surface area contributed by atoms with E-state index < -0.39 is 28.7 Å². The van der Waals surface area contributed by atoms with Crippen LogP contribution in [0.3, 0.4) is 0 Å². The minimum absolute atomic E-state index is 0.0226. The van der Waals surface area contributed by atoms with E-state index in [9.17, 15) is 13.2 Å². The summed E-state index contributed by atoms with van der Waals surface area (Å²) in [7, 11) is -4.04. The maximum atomic E-state index is 12.8.